The van der Waals surface area contributed by atoms with E-state index in [1.165, 1.54) is 17.7 Å². The van der Waals surface area contributed by atoms with E-state index in [2.05, 4.69) is 15.0 Å². The normalized spacial score (nSPS) is 10.9. The van der Waals surface area contributed by atoms with Crippen molar-refractivity contribution in [1.82, 2.24) is 15.0 Å². The summed E-state index contributed by atoms with van der Waals surface area (Å²) in [5.41, 5.74) is 1.83. The molecule has 0 unspecified atom stereocenters. The van der Waals surface area contributed by atoms with Crippen molar-refractivity contribution in [2.75, 3.05) is 0 Å². The van der Waals surface area contributed by atoms with Gasteiger partial charge in [-0.25, -0.2) is 14.8 Å². The first-order valence-electron chi connectivity index (χ1n) is 6.16. The van der Waals surface area contributed by atoms with E-state index in [0.717, 1.165) is 27.3 Å². The van der Waals surface area contributed by atoms with Gasteiger partial charge >= 0.3 is 5.97 Å². The molecule has 0 radical (unpaired) electrons. The molecule has 0 spiro atoms. The zero-order valence-electron chi connectivity index (χ0n) is 11.1. The van der Waals surface area contributed by atoms with Gasteiger partial charge in [0.2, 0.25) is 0 Å². The Hall–Kier alpha value is -1.99. The number of pyridine rings is 1. The number of aromatic nitrogens is 3. The van der Waals surface area contributed by atoms with Gasteiger partial charge in [-0.3, -0.25) is 4.98 Å². The minimum Gasteiger partial charge on any atom is -0.477 e. The number of thioether (sulfide) groups is 1. The third kappa shape index (κ3) is 2.74. The third-order valence-electron chi connectivity index (χ3n) is 2.98. The highest BCUT2D eigenvalue weighted by Crippen LogP contribution is 2.35. The average molecular weight is 317 g/mol. The maximum absolute atomic E-state index is 11.2. The number of rotatable bonds is 4. The molecule has 0 saturated heterocycles. The first-order chi connectivity index (χ1) is 10.2. The van der Waals surface area contributed by atoms with Crippen LogP contribution in [-0.2, 0) is 5.75 Å². The molecule has 3 aromatic heterocycles. The molecule has 0 bridgehead atoms. The van der Waals surface area contributed by atoms with E-state index in [1.807, 2.05) is 18.3 Å². The fourth-order valence-corrected chi connectivity index (χ4v) is 4.03. The van der Waals surface area contributed by atoms with Crippen LogP contribution in [0.2, 0.25) is 0 Å². The van der Waals surface area contributed by atoms with Gasteiger partial charge < -0.3 is 5.11 Å². The fourth-order valence-electron chi connectivity index (χ4n) is 1.99. The molecule has 106 valence electrons. The Labute approximate surface area is 129 Å². The van der Waals surface area contributed by atoms with Crippen LogP contribution >= 0.6 is 23.1 Å². The van der Waals surface area contributed by atoms with E-state index < -0.39 is 5.97 Å². The summed E-state index contributed by atoms with van der Waals surface area (Å²) in [4.78, 5) is 24.8. The van der Waals surface area contributed by atoms with Gasteiger partial charge in [0.15, 0.2) is 0 Å². The smallest absolute Gasteiger partial charge is 0.346 e. The zero-order valence-corrected chi connectivity index (χ0v) is 12.7. The lowest BCUT2D eigenvalue weighted by Gasteiger charge is -2.03. The number of aromatic carboxylic acids is 1. The lowest BCUT2D eigenvalue weighted by molar-refractivity contribution is 0.0701. The number of carboxylic acid groups (broad SMARTS) is 1. The Kier molecular flexibility index (Phi) is 3.85. The van der Waals surface area contributed by atoms with Crippen LogP contribution in [0.15, 0.2) is 35.9 Å². The van der Waals surface area contributed by atoms with Crippen molar-refractivity contribution in [3.63, 3.8) is 0 Å². The van der Waals surface area contributed by atoms with Gasteiger partial charge in [-0.05, 0) is 24.1 Å². The van der Waals surface area contributed by atoms with E-state index >= 15 is 0 Å². The van der Waals surface area contributed by atoms with Crippen molar-refractivity contribution in [2.24, 2.45) is 0 Å². The molecule has 0 amide bonds. The van der Waals surface area contributed by atoms with Gasteiger partial charge in [-0.2, -0.15) is 0 Å². The third-order valence-corrected chi connectivity index (χ3v) is 5.23. The first kappa shape index (κ1) is 14.0. The summed E-state index contributed by atoms with van der Waals surface area (Å²) in [5.74, 6) is -0.184. The Morgan fingerprint density at radius 1 is 1.43 bits per heavy atom. The van der Waals surface area contributed by atoms with Crippen LogP contribution in [0.1, 0.15) is 20.8 Å². The SMILES string of the molecule is Cc1c(C(=O)O)sc2ncnc(SCc3cccnc3)c12. The van der Waals surface area contributed by atoms with Crippen molar-refractivity contribution in [1.29, 1.82) is 0 Å². The van der Waals surface area contributed by atoms with Gasteiger partial charge in [0.1, 0.15) is 21.1 Å². The molecule has 3 aromatic rings. The minimum atomic E-state index is -0.918. The minimum absolute atomic E-state index is 0.328. The van der Waals surface area contributed by atoms with Gasteiger partial charge in [-0.15, -0.1) is 23.1 Å². The first-order valence-corrected chi connectivity index (χ1v) is 7.96. The molecule has 5 nitrogen and oxygen atoms in total. The quantitative estimate of drug-likeness (QED) is 0.587. The number of nitrogens with zero attached hydrogens (tertiary/aromatic N) is 3. The van der Waals surface area contributed by atoms with Crippen LogP contribution in [0.3, 0.4) is 0 Å². The lowest BCUT2D eigenvalue weighted by atomic mass is 10.2. The van der Waals surface area contributed by atoms with Gasteiger partial charge in [0.25, 0.3) is 0 Å². The second-order valence-electron chi connectivity index (χ2n) is 4.37. The van der Waals surface area contributed by atoms with Crippen molar-refractivity contribution in [3.05, 3.63) is 46.9 Å². The van der Waals surface area contributed by atoms with E-state index in [-0.39, 0.29) is 0 Å². The number of hydrogen-bond acceptors (Lipinski definition) is 6. The van der Waals surface area contributed by atoms with Gasteiger partial charge in [-0.1, -0.05) is 6.07 Å². The summed E-state index contributed by atoms with van der Waals surface area (Å²) in [6.45, 7) is 1.81. The Morgan fingerprint density at radius 3 is 3.00 bits per heavy atom. The van der Waals surface area contributed by atoms with E-state index in [4.69, 9.17) is 0 Å². The molecule has 7 heteroatoms. The molecule has 1 N–H and O–H groups in total. The molecule has 0 aromatic carbocycles. The van der Waals surface area contributed by atoms with Crippen LogP contribution in [0.5, 0.6) is 0 Å². The van der Waals surface area contributed by atoms with Crippen LogP contribution in [0, 0.1) is 6.92 Å². The summed E-state index contributed by atoms with van der Waals surface area (Å²) >= 11 is 2.76. The molecular formula is C14H11N3O2S2. The maximum Gasteiger partial charge on any atom is 0.346 e. The highest BCUT2D eigenvalue weighted by Gasteiger charge is 2.18. The summed E-state index contributed by atoms with van der Waals surface area (Å²) in [5, 5.41) is 10.9. The van der Waals surface area contributed by atoms with Crippen molar-refractivity contribution >= 4 is 39.3 Å². The Morgan fingerprint density at radius 2 is 2.29 bits per heavy atom. The predicted octanol–water partition coefficient (Wildman–Crippen LogP) is 3.39. The molecule has 0 atom stereocenters. The molecule has 0 aliphatic heterocycles. The standard InChI is InChI=1S/C14H11N3O2S2/c1-8-10-12(20-6-9-3-2-4-15-5-9)16-7-17-13(10)21-11(8)14(18)19/h2-5,7H,6H2,1H3,(H,18,19). The summed E-state index contributed by atoms with van der Waals surface area (Å²) in [6.07, 6.45) is 5.03. The fraction of sp³-hybridized carbons (Fsp3) is 0.143. The highest BCUT2D eigenvalue weighted by atomic mass is 32.2. The number of fused-ring (bicyclic) bond motifs is 1. The Balaban J connectivity index is 1.97. The van der Waals surface area contributed by atoms with Crippen molar-refractivity contribution < 1.29 is 9.90 Å². The van der Waals surface area contributed by atoms with Crippen molar-refractivity contribution in [2.45, 2.75) is 17.7 Å². The van der Waals surface area contributed by atoms with Crippen molar-refractivity contribution in [3.8, 4) is 0 Å². The van der Waals surface area contributed by atoms with Crippen LogP contribution < -0.4 is 0 Å². The second-order valence-corrected chi connectivity index (χ2v) is 6.33. The Bertz CT molecular complexity index is 803. The second kappa shape index (κ2) is 5.79. The van der Waals surface area contributed by atoms with Gasteiger partial charge in [0.05, 0.1) is 0 Å². The molecule has 3 heterocycles. The summed E-state index contributed by atoms with van der Waals surface area (Å²) in [6, 6.07) is 3.89. The highest BCUT2D eigenvalue weighted by molar-refractivity contribution is 7.98. The predicted molar refractivity (Wildman–Crippen MR) is 82.9 cm³/mol. The van der Waals surface area contributed by atoms with Gasteiger partial charge in [0, 0.05) is 23.5 Å². The van der Waals surface area contributed by atoms with E-state index in [1.54, 1.807) is 24.9 Å². The van der Waals surface area contributed by atoms with Crippen LogP contribution in [-0.4, -0.2) is 26.0 Å². The molecular weight excluding hydrogens is 306 g/mol. The van der Waals surface area contributed by atoms with E-state index in [0.29, 0.717) is 9.71 Å². The summed E-state index contributed by atoms with van der Waals surface area (Å²) in [7, 11) is 0. The lowest BCUT2D eigenvalue weighted by Crippen LogP contribution is -1.94. The molecule has 21 heavy (non-hydrogen) atoms. The number of aryl methyl sites for hydroxylation is 1. The monoisotopic (exact) mass is 317 g/mol. The zero-order chi connectivity index (χ0) is 14.8. The van der Waals surface area contributed by atoms with E-state index in [9.17, 15) is 9.90 Å². The average Bonchev–Trinajstić information content (AvgIpc) is 2.84. The molecule has 3 rings (SSSR count). The molecule has 0 aliphatic carbocycles. The number of thiophene rings is 1. The van der Waals surface area contributed by atoms with Crippen LogP contribution in [0.25, 0.3) is 10.2 Å². The number of carbonyl (C=O) groups is 1. The molecule has 0 fully saturated rings. The molecule has 0 aliphatic rings. The maximum atomic E-state index is 11.2. The van der Waals surface area contributed by atoms with Crippen LogP contribution in [0.4, 0.5) is 0 Å². The number of hydrogen-bond donors (Lipinski definition) is 1. The summed E-state index contributed by atoms with van der Waals surface area (Å²) < 4.78 is 0. The topological polar surface area (TPSA) is 76.0 Å². The number of carboxylic acids is 1. The molecule has 0 saturated carbocycles. The largest absolute Gasteiger partial charge is 0.477 e.